The molecule has 2 rings (SSSR count). The van der Waals surface area contributed by atoms with Crippen molar-refractivity contribution in [2.45, 2.75) is 52.9 Å². The van der Waals surface area contributed by atoms with E-state index in [0.717, 1.165) is 25.7 Å². The van der Waals surface area contributed by atoms with Crippen LogP contribution >= 0.6 is 12.2 Å². The van der Waals surface area contributed by atoms with E-state index in [1.807, 2.05) is 0 Å². The molecule has 0 aliphatic heterocycles. The third kappa shape index (κ3) is 6.60. The molecule has 1 fully saturated rings. The van der Waals surface area contributed by atoms with Crippen molar-refractivity contribution in [3.05, 3.63) is 29.8 Å². The molecule has 3 amide bonds. The summed E-state index contributed by atoms with van der Waals surface area (Å²) >= 11 is 4.99. The van der Waals surface area contributed by atoms with Crippen molar-refractivity contribution >= 4 is 40.7 Å². The highest BCUT2D eigenvalue weighted by molar-refractivity contribution is 7.80. The number of benzene rings is 1. The third-order valence-electron chi connectivity index (χ3n) is 4.59. The van der Waals surface area contributed by atoms with Gasteiger partial charge in [0.15, 0.2) is 5.11 Å². The van der Waals surface area contributed by atoms with E-state index in [1.165, 1.54) is 6.42 Å². The fourth-order valence-corrected chi connectivity index (χ4v) is 2.97. The second-order valence-corrected chi connectivity index (χ2v) is 8.42. The minimum absolute atomic E-state index is 0.0182. The third-order valence-corrected chi connectivity index (χ3v) is 4.79. The first-order valence-electron chi connectivity index (χ1n) is 9.49. The molecule has 0 aromatic heterocycles. The monoisotopic (exact) mass is 404 g/mol. The maximum atomic E-state index is 12.3. The molecule has 0 heterocycles. The highest BCUT2D eigenvalue weighted by Gasteiger charge is 2.22. The molecule has 0 saturated heterocycles. The Balaban J connectivity index is 1.82. The van der Waals surface area contributed by atoms with Gasteiger partial charge in [-0.15, -0.1) is 0 Å². The minimum atomic E-state index is -0.590. The molecule has 1 saturated carbocycles. The molecular weight excluding hydrogens is 376 g/mol. The standard InChI is InChI=1S/C20H28N4O3S/c1-20(2,3)18(27)22-19(28)24-23-17(26)14-9-11-15(12-10-14)21-16(25)13-7-5-4-6-8-13/h9-13H,4-8H2,1-3H3,(H,21,25)(H,23,26)(H2,22,24,27,28). The molecule has 152 valence electrons. The van der Waals surface area contributed by atoms with Crippen LogP contribution in [-0.2, 0) is 9.59 Å². The van der Waals surface area contributed by atoms with Crippen LogP contribution < -0.4 is 21.5 Å². The number of hydrogen-bond acceptors (Lipinski definition) is 4. The fourth-order valence-electron chi connectivity index (χ4n) is 2.82. The largest absolute Gasteiger partial charge is 0.326 e. The molecule has 1 aromatic carbocycles. The van der Waals surface area contributed by atoms with Crippen molar-refractivity contribution in [2.24, 2.45) is 11.3 Å². The molecular formula is C20H28N4O3S. The zero-order valence-electron chi connectivity index (χ0n) is 16.6. The predicted octanol–water partition coefficient (Wildman–Crippen LogP) is 2.89. The molecule has 1 aliphatic rings. The second kappa shape index (κ2) is 9.64. The lowest BCUT2D eigenvalue weighted by molar-refractivity contribution is -0.127. The van der Waals surface area contributed by atoms with Gasteiger partial charge in [0, 0.05) is 22.6 Å². The predicted molar refractivity (Wildman–Crippen MR) is 112 cm³/mol. The molecule has 7 nitrogen and oxygen atoms in total. The Morgan fingerprint density at radius 1 is 0.964 bits per heavy atom. The van der Waals surface area contributed by atoms with Crippen LogP contribution in [0, 0.1) is 11.3 Å². The van der Waals surface area contributed by atoms with Crippen LogP contribution in [-0.4, -0.2) is 22.8 Å². The second-order valence-electron chi connectivity index (χ2n) is 8.01. The van der Waals surface area contributed by atoms with E-state index in [9.17, 15) is 14.4 Å². The Kier molecular flexibility index (Phi) is 7.51. The van der Waals surface area contributed by atoms with Gasteiger partial charge in [-0.25, -0.2) is 0 Å². The lowest BCUT2D eigenvalue weighted by Crippen LogP contribution is -2.50. The number of hydrogen-bond donors (Lipinski definition) is 4. The van der Waals surface area contributed by atoms with Gasteiger partial charge in [-0.05, 0) is 49.3 Å². The smallest absolute Gasteiger partial charge is 0.269 e. The topological polar surface area (TPSA) is 99.3 Å². The van der Waals surface area contributed by atoms with E-state index in [0.29, 0.717) is 11.3 Å². The van der Waals surface area contributed by atoms with Crippen molar-refractivity contribution in [3.8, 4) is 0 Å². The molecule has 8 heteroatoms. The molecule has 0 unspecified atom stereocenters. The van der Waals surface area contributed by atoms with Crippen LogP contribution in [0.15, 0.2) is 24.3 Å². The number of anilines is 1. The molecule has 28 heavy (non-hydrogen) atoms. The van der Waals surface area contributed by atoms with Crippen LogP contribution in [0.4, 0.5) is 5.69 Å². The molecule has 0 spiro atoms. The van der Waals surface area contributed by atoms with Crippen molar-refractivity contribution in [1.82, 2.24) is 16.2 Å². The number of rotatable bonds is 3. The quantitative estimate of drug-likeness (QED) is 0.459. The van der Waals surface area contributed by atoms with E-state index in [1.54, 1.807) is 45.0 Å². The first-order chi connectivity index (χ1) is 13.2. The summed E-state index contributed by atoms with van der Waals surface area (Å²) < 4.78 is 0. The van der Waals surface area contributed by atoms with E-state index < -0.39 is 11.3 Å². The van der Waals surface area contributed by atoms with Gasteiger partial charge in [-0.3, -0.25) is 25.2 Å². The summed E-state index contributed by atoms with van der Waals surface area (Å²) in [6.45, 7) is 5.29. The zero-order valence-corrected chi connectivity index (χ0v) is 17.4. The average molecular weight is 405 g/mol. The molecule has 1 aliphatic carbocycles. The van der Waals surface area contributed by atoms with Gasteiger partial charge in [-0.2, -0.15) is 0 Å². The van der Waals surface area contributed by atoms with Gasteiger partial charge in [0.2, 0.25) is 11.8 Å². The summed E-state index contributed by atoms with van der Waals surface area (Å²) in [5.41, 5.74) is 5.41. The Labute approximate surface area is 171 Å². The van der Waals surface area contributed by atoms with Crippen molar-refractivity contribution < 1.29 is 14.4 Å². The minimum Gasteiger partial charge on any atom is -0.326 e. The van der Waals surface area contributed by atoms with Gasteiger partial charge in [-0.1, -0.05) is 40.0 Å². The van der Waals surface area contributed by atoms with Gasteiger partial charge >= 0.3 is 0 Å². The maximum Gasteiger partial charge on any atom is 0.269 e. The Morgan fingerprint density at radius 3 is 2.14 bits per heavy atom. The van der Waals surface area contributed by atoms with E-state index in [2.05, 4.69) is 21.5 Å². The fraction of sp³-hybridized carbons (Fsp3) is 0.500. The highest BCUT2D eigenvalue weighted by Crippen LogP contribution is 2.25. The Hall–Kier alpha value is -2.48. The Bertz CT molecular complexity index is 735. The van der Waals surface area contributed by atoms with Gasteiger partial charge in [0.25, 0.3) is 5.91 Å². The van der Waals surface area contributed by atoms with Gasteiger partial charge < -0.3 is 10.6 Å². The summed E-state index contributed by atoms with van der Waals surface area (Å²) in [6.07, 6.45) is 5.27. The van der Waals surface area contributed by atoms with Crippen LogP contribution in [0.2, 0.25) is 0 Å². The first kappa shape index (κ1) is 21.8. The van der Waals surface area contributed by atoms with Crippen LogP contribution in [0.1, 0.15) is 63.2 Å². The van der Waals surface area contributed by atoms with Crippen molar-refractivity contribution in [1.29, 1.82) is 0 Å². The summed E-state index contributed by atoms with van der Waals surface area (Å²) in [7, 11) is 0. The van der Waals surface area contributed by atoms with Crippen LogP contribution in [0.25, 0.3) is 0 Å². The summed E-state index contributed by atoms with van der Waals surface area (Å²) in [6, 6.07) is 6.61. The zero-order chi connectivity index (χ0) is 20.7. The first-order valence-corrected chi connectivity index (χ1v) is 9.90. The van der Waals surface area contributed by atoms with E-state index >= 15 is 0 Å². The molecule has 0 radical (unpaired) electrons. The average Bonchev–Trinajstić information content (AvgIpc) is 2.66. The number of carbonyl (C=O) groups excluding carboxylic acids is 3. The Morgan fingerprint density at radius 2 is 1.57 bits per heavy atom. The maximum absolute atomic E-state index is 12.3. The SMILES string of the molecule is CC(C)(C)C(=O)NC(=S)NNC(=O)c1ccc(NC(=O)C2CCCCC2)cc1. The number of hydrazine groups is 1. The summed E-state index contributed by atoms with van der Waals surface area (Å²) in [5.74, 6) is -0.543. The molecule has 4 N–H and O–H groups in total. The number of amides is 3. The number of carbonyl (C=O) groups is 3. The summed E-state index contributed by atoms with van der Waals surface area (Å²) in [4.78, 5) is 36.3. The highest BCUT2D eigenvalue weighted by atomic mass is 32.1. The number of nitrogens with one attached hydrogen (secondary N) is 4. The lowest BCUT2D eigenvalue weighted by atomic mass is 9.88. The van der Waals surface area contributed by atoms with Crippen LogP contribution in [0.3, 0.4) is 0 Å². The normalized spacial score (nSPS) is 14.7. The molecule has 1 aromatic rings. The van der Waals surface area contributed by atoms with Crippen LogP contribution in [0.5, 0.6) is 0 Å². The van der Waals surface area contributed by atoms with E-state index in [4.69, 9.17) is 12.2 Å². The van der Waals surface area contributed by atoms with Crippen molar-refractivity contribution in [2.75, 3.05) is 5.32 Å². The lowest BCUT2D eigenvalue weighted by Gasteiger charge is -2.20. The van der Waals surface area contributed by atoms with E-state index in [-0.39, 0.29) is 22.8 Å². The summed E-state index contributed by atoms with van der Waals surface area (Å²) in [5, 5.41) is 5.44. The van der Waals surface area contributed by atoms with Crippen molar-refractivity contribution in [3.63, 3.8) is 0 Å². The number of thiocarbonyl (C=S) groups is 1. The molecule has 0 bridgehead atoms. The van der Waals surface area contributed by atoms with Gasteiger partial charge in [0.1, 0.15) is 0 Å². The molecule has 0 atom stereocenters. The van der Waals surface area contributed by atoms with Gasteiger partial charge in [0.05, 0.1) is 0 Å².